The van der Waals surface area contributed by atoms with Crippen LogP contribution >= 0.6 is 11.6 Å². The van der Waals surface area contributed by atoms with E-state index in [9.17, 15) is 10.2 Å². The van der Waals surface area contributed by atoms with E-state index in [1.165, 1.54) is 0 Å². The monoisotopic (exact) mass is 346 g/mol. The maximum atomic E-state index is 9.79. The Morgan fingerprint density at radius 3 is 2.62 bits per heavy atom. The topological polar surface area (TPSA) is 56.6 Å². The quantitative estimate of drug-likeness (QED) is 0.865. The number of rotatable bonds is 5. The second-order valence-electron chi connectivity index (χ2n) is 6.50. The number of aromatic nitrogens is 1. The highest BCUT2D eigenvalue weighted by molar-refractivity contribution is 6.31. The molecule has 24 heavy (non-hydrogen) atoms. The van der Waals surface area contributed by atoms with E-state index < -0.39 is 0 Å². The fourth-order valence-electron chi connectivity index (χ4n) is 3.38. The molecule has 3 rings (SSSR count). The van der Waals surface area contributed by atoms with Crippen LogP contribution in [0, 0.1) is 0 Å². The normalized spacial score (nSPS) is 21.1. The molecular formula is C19H23ClN2O2. The van der Waals surface area contributed by atoms with E-state index in [0.29, 0.717) is 11.1 Å². The number of hydrogen-bond acceptors (Lipinski definition) is 4. The van der Waals surface area contributed by atoms with Crippen LogP contribution in [0.1, 0.15) is 36.8 Å². The summed E-state index contributed by atoms with van der Waals surface area (Å²) in [6, 6.07) is 9.74. The lowest BCUT2D eigenvalue weighted by atomic mass is 9.91. The Balaban J connectivity index is 1.79. The van der Waals surface area contributed by atoms with Crippen molar-refractivity contribution in [2.24, 2.45) is 0 Å². The number of benzene rings is 1. The van der Waals surface area contributed by atoms with Crippen molar-refractivity contribution < 1.29 is 10.2 Å². The van der Waals surface area contributed by atoms with E-state index >= 15 is 0 Å². The molecule has 0 saturated heterocycles. The summed E-state index contributed by atoms with van der Waals surface area (Å²) >= 11 is 6.29. The molecule has 1 aromatic heterocycles. The molecule has 0 spiro atoms. The van der Waals surface area contributed by atoms with Crippen molar-refractivity contribution in [3.05, 3.63) is 58.9 Å². The fraction of sp³-hybridized carbons (Fsp3) is 0.421. The third kappa shape index (κ3) is 4.47. The second-order valence-corrected chi connectivity index (χ2v) is 6.91. The number of aromatic hydroxyl groups is 1. The van der Waals surface area contributed by atoms with Gasteiger partial charge in [-0.3, -0.25) is 9.88 Å². The molecule has 2 N–H and O–H groups in total. The highest BCUT2D eigenvalue weighted by Gasteiger charge is 2.25. The van der Waals surface area contributed by atoms with Gasteiger partial charge in [-0.1, -0.05) is 23.7 Å². The largest absolute Gasteiger partial charge is 0.508 e. The summed E-state index contributed by atoms with van der Waals surface area (Å²) in [7, 11) is 0. The molecule has 0 aliphatic heterocycles. The van der Waals surface area contributed by atoms with Crippen LogP contribution in [-0.2, 0) is 13.1 Å². The summed E-state index contributed by atoms with van der Waals surface area (Å²) in [5.74, 6) is 0.286. The number of phenolic OH excluding ortho intramolecular Hbond substituents is 1. The zero-order valence-electron chi connectivity index (χ0n) is 13.6. The standard InChI is InChI=1S/C19H23ClN2O2/c20-19-11-21-9-8-15(19)13-22(16-4-6-17(23)7-5-16)12-14-2-1-3-18(24)10-14/h1-3,8-11,16-17,23-24H,4-7,12-13H2. The van der Waals surface area contributed by atoms with Gasteiger partial charge in [-0.05, 0) is 55.0 Å². The first-order valence-electron chi connectivity index (χ1n) is 8.40. The number of nitrogens with zero attached hydrogens (tertiary/aromatic N) is 2. The van der Waals surface area contributed by atoms with Gasteiger partial charge in [-0.15, -0.1) is 0 Å². The predicted molar refractivity (Wildman–Crippen MR) is 94.9 cm³/mol. The zero-order chi connectivity index (χ0) is 16.9. The van der Waals surface area contributed by atoms with E-state index in [1.807, 2.05) is 18.2 Å². The molecule has 1 fully saturated rings. The Morgan fingerprint density at radius 2 is 1.92 bits per heavy atom. The van der Waals surface area contributed by atoms with Crippen molar-refractivity contribution in [2.45, 2.75) is 50.9 Å². The van der Waals surface area contributed by atoms with E-state index in [0.717, 1.165) is 49.9 Å². The molecule has 0 radical (unpaired) electrons. The van der Waals surface area contributed by atoms with Crippen LogP contribution in [0.15, 0.2) is 42.7 Å². The zero-order valence-corrected chi connectivity index (χ0v) is 14.4. The molecule has 5 heteroatoms. The van der Waals surface area contributed by atoms with E-state index in [1.54, 1.807) is 24.5 Å². The summed E-state index contributed by atoms with van der Waals surface area (Å²) in [5.41, 5.74) is 2.13. The lowest BCUT2D eigenvalue weighted by Gasteiger charge is -2.36. The maximum Gasteiger partial charge on any atom is 0.115 e. The van der Waals surface area contributed by atoms with Crippen molar-refractivity contribution in [3.63, 3.8) is 0 Å². The van der Waals surface area contributed by atoms with Crippen molar-refractivity contribution in [1.29, 1.82) is 0 Å². The molecular weight excluding hydrogens is 324 g/mol. The first-order chi connectivity index (χ1) is 11.6. The van der Waals surface area contributed by atoms with Gasteiger partial charge in [0.1, 0.15) is 5.75 Å². The summed E-state index contributed by atoms with van der Waals surface area (Å²) < 4.78 is 0. The average molecular weight is 347 g/mol. The van der Waals surface area contributed by atoms with Crippen LogP contribution < -0.4 is 0 Å². The number of aliphatic hydroxyl groups excluding tert-OH is 1. The Hall–Kier alpha value is -1.62. The van der Waals surface area contributed by atoms with Crippen LogP contribution in [0.5, 0.6) is 5.75 Å². The van der Waals surface area contributed by atoms with Gasteiger partial charge in [0.05, 0.1) is 11.1 Å². The summed E-state index contributed by atoms with van der Waals surface area (Å²) in [6.45, 7) is 1.48. The summed E-state index contributed by atoms with van der Waals surface area (Å²) in [6.07, 6.45) is 6.89. The number of pyridine rings is 1. The van der Waals surface area contributed by atoms with Crippen LogP contribution in [0.25, 0.3) is 0 Å². The SMILES string of the molecule is Oc1cccc(CN(Cc2ccncc2Cl)C2CCC(O)CC2)c1. The summed E-state index contributed by atoms with van der Waals surface area (Å²) in [5, 5.41) is 20.2. The van der Waals surface area contributed by atoms with Crippen molar-refractivity contribution in [3.8, 4) is 5.75 Å². The van der Waals surface area contributed by atoms with Crippen molar-refractivity contribution in [2.75, 3.05) is 0 Å². The van der Waals surface area contributed by atoms with Crippen molar-refractivity contribution in [1.82, 2.24) is 9.88 Å². The number of hydrogen-bond donors (Lipinski definition) is 2. The first-order valence-corrected chi connectivity index (χ1v) is 8.78. The molecule has 128 valence electrons. The third-order valence-corrected chi connectivity index (χ3v) is 5.05. The Kier molecular flexibility index (Phi) is 5.72. The smallest absolute Gasteiger partial charge is 0.115 e. The highest BCUT2D eigenvalue weighted by atomic mass is 35.5. The van der Waals surface area contributed by atoms with Gasteiger partial charge >= 0.3 is 0 Å². The lowest BCUT2D eigenvalue weighted by Crippen LogP contribution is -2.38. The van der Waals surface area contributed by atoms with Gasteiger partial charge < -0.3 is 10.2 Å². The van der Waals surface area contributed by atoms with Gasteiger partial charge in [-0.2, -0.15) is 0 Å². The Bertz CT molecular complexity index is 672. The predicted octanol–water partition coefficient (Wildman–Crippen LogP) is 3.75. The van der Waals surface area contributed by atoms with E-state index in [2.05, 4.69) is 9.88 Å². The van der Waals surface area contributed by atoms with Gasteiger partial charge in [0.2, 0.25) is 0 Å². The molecule has 0 bridgehead atoms. The van der Waals surface area contributed by atoms with Gasteiger partial charge in [0, 0.05) is 31.5 Å². The minimum atomic E-state index is -0.173. The van der Waals surface area contributed by atoms with Crippen molar-refractivity contribution >= 4 is 11.6 Å². The minimum Gasteiger partial charge on any atom is -0.508 e. The first kappa shape index (κ1) is 17.2. The second kappa shape index (κ2) is 7.97. The molecule has 4 nitrogen and oxygen atoms in total. The van der Waals surface area contributed by atoms with E-state index in [-0.39, 0.29) is 11.9 Å². The molecule has 0 unspecified atom stereocenters. The molecule has 0 amide bonds. The minimum absolute atomic E-state index is 0.173. The molecule has 1 saturated carbocycles. The lowest BCUT2D eigenvalue weighted by molar-refractivity contribution is 0.0665. The fourth-order valence-corrected chi connectivity index (χ4v) is 3.56. The summed E-state index contributed by atoms with van der Waals surface area (Å²) in [4.78, 5) is 6.44. The number of halogens is 1. The molecule has 1 aliphatic carbocycles. The number of aliphatic hydroxyl groups is 1. The Morgan fingerprint density at radius 1 is 1.12 bits per heavy atom. The number of phenols is 1. The molecule has 1 aliphatic rings. The van der Waals surface area contributed by atoms with Gasteiger partial charge in [0.15, 0.2) is 0 Å². The van der Waals surface area contributed by atoms with Gasteiger partial charge in [-0.25, -0.2) is 0 Å². The molecule has 1 heterocycles. The highest BCUT2D eigenvalue weighted by Crippen LogP contribution is 2.28. The van der Waals surface area contributed by atoms with Crippen LogP contribution in [0.2, 0.25) is 5.02 Å². The van der Waals surface area contributed by atoms with E-state index in [4.69, 9.17) is 11.6 Å². The molecule has 2 aromatic rings. The third-order valence-electron chi connectivity index (χ3n) is 4.71. The van der Waals surface area contributed by atoms with Crippen LogP contribution in [0.4, 0.5) is 0 Å². The van der Waals surface area contributed by atoms with Crippen LogP contribution in [0.3, 0.4) is 0 Å². The molecule has 1 aromatic carbocycles. The maximum absolute atomic E-state index is 9.79. The molecule has 0 atom stereocenters. The van der Waals surface area contributed by atoms with Crippen LogP contribution in [-0.4, -0.2) is 32.2 Å². The average Bonchev–Trinajstić information content (AvgIpc) is 2.57. The Labute approximate surface area is 147 Å². The van der Waals surface area contributed by atoms with Gasteiger partial charge in [0.25, 0.3) is 0 Å².